The fourth-order valence-corrected chi connectivity index (χ4v) is 2.50. The molecule has 0 fully saturated rings. The first-order valence-electron chi connectivity index (χ1n) is 8.29. The van der Waals surface area contributed by atoms with Crippen molar-refractivity contribution < 1.29 is 14.0 Å². The van der Waals surface area contributed by atoms with E-state index in [-0.39, 0.29) is 24.0 Å². The van der Waals surface area contributed by atoms with Crippen molar-refractivity contribution in [3.63, 3.8) is 0 Å². The smallest absolute Gasteiger partial charge is 0.195 e. The van der Waals surface area contributed by atoms with E-state index in [1.165, 1.54) is 0 Å². The van der Waals surface area contributed by atoms with Crippen LogP contribution in [0.15, 0.2) is 27.7 Å². The van der Waals surface area contributed by atoms with Gasteiger partial charge in [-0.25, -0.2) is 0 Å². The first kappa shape index (κ1) is 22.1. The number of aryl methyl sites for hydroxylation is 2. The number of methoxy groups -OCH3 is 1. The van der Waals surface area contributed by atoms with Crippen LogP contribution >= 0.6 is 24.0 Å². The number of benzene rings is 1. The maximum absolute atomic E-state index is 5.53. The molecule has 0 aliphatic rings. The molecule has 0 bridgehead atoms. The summed E-state index contributed by atoms with van der Waals surface area (Å²) in [4.78, 5) is 4.24. The second-order valence-electron chi connectivity index (χ2n) is 5.48. The fourth-order valence-electron chi connectivity index (χ4n) is 2.50. The van der Waals surface area contributed by atoms with Crippen molar-refractivity contribution in [1.82, 2.24) is 10.5 Å². The van der Waals surface area contributed by atoms with Crippen LogP contribution in [-0.2, 0) is 6.42 Å². The SMILES string of the molecule is CCOc1ccc(NC(=NC)NCCc2c(C)noc2C)cc1OC.I. The maximum atomic E-state index is 5.53. The lowest BCUT2D eigenvalue weighted by Crippen LogP contribution is -2.32. The number of aliphatic imine (C=N–C) groups is 1. The van der Waals surface area contributed by atoms with E-state index in [0.29, 0.717) is 18.3 Å². The molecule has 0 atom stereocenters. The molecular weight excluding hydrogens is 447 g/mol. The lowest BCUT2D eigenvalue weighted by molar-refractivity contribution is 0.311. The Kier molecular flexibility index (Phi) is 9.25. The Morgan fingerprint density at radius 3 is 2.62 bits per heavy atom. The predicted octanol–water partition coefficient (Wildman–Crippen LogP) is 3.55. The Labute approximate surface area is 171 Å². The van der Waals surface area contributed by atoms with Gasteiger partial charge in [-0.2, -0.15) is 0 Å². The molecule has 144 valence electrons. The third-order valence-electron chi connectivity index (χ3n) is 3.80. The van der Waals surface area contributed by atoms with Gasteiger partial charge in [0.1, 0.15) is 5.76 Å². The van der Waals surface area contributed by atoms with E-state index in [1.807, 2.05) is 39.0 Å². The average molecular weight is 474 g/mol. The molecule has 0 aliphatic carbocycles. The maximum Gasteiger partial charge on any atom is 0.195 e. The molecule has 0 radical (unpaired) electrons. The van der Waals surface area contributed by atoms with Gasteiger partial charge in [-0.1, -0.05) is 5.16 Å². The molecule has 0 aliphatic heterocycles. The van der Waals surface area contributed by atoms with Gasteiger partial charge in [-0.15, -0.1) is 24.0 Å². The van der Waals surface area contributed by atoms with Gasteiger partial charge in [0.25, 0.3) is 0 Å². The van der Waals surface area contributed by atoms with Gasteiger partial charge >= 0.3 is 0 Å². The third kappa shape index (κ3) is 5.79. The molecule has 8 heteroatoms. The third-order valence-corrected chi connectivity index (χ3v) is 3.80. The summed E-state index contributed by atoms with van der Waals surface area (Å²) in [7, 11) is 3.36. The summed E-state index contributed by atoms with van der Waals surface area (Å²) >= 11 is 0. The van der Waals surface area contributed by atoms with Crippen LogP contribution in [-0.4, -0.2) is 38.4 Å². The summed E-state index contributed by atoms with van der Waals surface area (Å²) in [6.45, 7) is 7.13. The first-order valence-corrected chi connectivity index (χ1v) is 8.29. The number of halogens is 1. The van der Waals surface area contributed by atoms with Crippen molar-refractivity contribution in [3.05, 3.63) is 35.2 Å². The minimum absolute atomic E-state index is 0. The van der Waals surface area contributed by atoms with E-state index in [1.54, 1.807) is 14.2 Å². The second-order valence-corrected chi connectivity index (χ2v) is 5.48. The minimum atomic E-state index is 0. The molecule has 0 saturated heterocycles. The molecule has 2 N–H and O–H groups in total. The van der Waals surface area contributed by atoms with Crippen molar-refractivity contribution in [3.8, 4) is 11.5 Å². The molecule has 0 amide bonds. The Balaban J connectivity index is 0.00000338. The van der Waals surface area contributed by atoms with Crippen LogP contribution < -0.4 is 20.1 Å². The molecule has 26 heavy (non-hydrogen) atoms. The van der Waals surface area contributed by atoms with Crippen LogP contribution in [0.4, 0.5) is 5.69 Å². The highest BCUT2D eigenvalue weighted by atomic mass is 127. The highest BCUT2D eigenvalue weighted by Gasteiger charge is 2.10. The fraction of sp³-hybridized carbons (Fsp3) is 0.444. The van der Waals surface area contributed by atoms with Gasteiger partial charge < -0.3 is 24.6 Å². The van der Waals surface area contributed by atoms with Crippen LogP contribution in [0, 0.1) is 13.8 Å². The van der Waals surface area contributed by atoms with Gasteiger partial charge in [-0.05, 0) is 39.3 Å². The molecule has 2 aromatic rings. The Hall–Kier alpha value is -1.97. The normalized spacial score (nSPS) is 10.9. The van der Waals surface area contributed by atoms with Crippen molar-refractivity contribution in [2.45, 2.75) is 27.2 Å². The quantitative estimate of drug-likeness (QED) is 0.363. The van der Waals surface area contributed by atoms with E-state index in [9.17, 15) is 0 Å². The average Bonchev–Trinajstić information content (AvgIpc) is 2.94. The first-order chi connectivity index (χ1) is 12.1. The number of anilines is 1. The summed E-state index contributed by atoms with van der Waals surface area (Å²) in [5, 5.41) is 10.5. The number of rotatable bonds is 7. The number of hydrogen-bond acceptors (Lipinski definition) is 5. The minimum Gasteiger partial charge on any atom is -0.493 e. The Bertz CT molecular complexity index is 712. The zero-order chi connectivity index (χ0) is 18.2. The van der Waals surface area contributed by atoms with Gasteiger partial charge in [0, 0.05) is 30.9 Å². The number of aromatic nitrogens is 1. The summed E-state index contributed by atoms with van der Waals surface area (Å²) in [6, 6.07) is 5.68. The van der Waals surface area contributed by atoms with Crippen LogP contribution in [0.1, 0.15) is 23.9 Å². The van der Waals surface area contributed by atoms with Gasteiger partial charge in [0.05, 0.1) is 19.4 Å². The van der Waals surface area contributed by atoms with Crippen molar-refractivity contribution in [2.24, 2.45) is 4.99 Å². The Morgan fingerprint density at radius 2 is 2.04 bits per heavy atom. The summed E-state index contributed by atoms with van der Waals surface area (Å²) in [5.41, 5.74) is 2.93. The van der Waals surface area contributed by atoms with Crippen LogP contribution in [0.25, 0.3) is 0 Å². The molecule has 1 aromatic carbocycles. The molecule has 0 unspecified atom stereocenters. The van der Waals surface area contributed by atoms with E-state index in [4.69, 9.17) is 14.0 Å². The molecular formula is C18H27IN4O3. The molecule has 7 nitrogen and oxygen atoms in total. The molecule has 0 saturated carbocycles. The van der Waals surface area contributed by atoms with Crippen LogP contribution in [0.2, 0.25) is 0 Å². The highest BCUT2D eigenvalue weighted by Crippen LogP contribution is 2.30. The molecule has 2 rings (SSSR count). The van der Waals surface area contributed by atoms with E-state index in [0.717, 1.165) is 41.4 Å². The van der Waals surface area contributed by atoms with Crippen LogP contribution in [0.3, 0.4) is 0 Å². The summed E-state index contributed by atoms with van der Waals surface area (Å²) < 4.78 is 16.1. The van der Waals surface area contributed by atoms with Crippen molar-refractivity contribution in [1.29, 1.82) is 0 Å². The lowest BCUT2D eigenvalue weighted by atomic mass is 10.1. The van der Waals surface area contributed by atoms with E-state index >= 15 is 0 Å². The number of guanidine groups is 1. The lowest BCUT2D eigenvalue weighted by Gasteiger charge is -2.14. The number of nitrogens with zero attached hydrogens (tertiary/aromatic N) is 2. The Morgan fingerprint density at radius 1 is 1.27 bits per heavy atom. The highest BCUT2D eigenvalue weighted by molar-refractivity contribution is 14.0. The molecule has 1 aromatic heterocycles. The van der Waals surface area contributed by atoms with Gasteiger partial charge in [-0.3, -0.25) is 4.99 Å². The zero-order valence-electron chi connectivity index (χ0n) is 15.9. The van der Waals surface area contributed by atoms with Gasteiger partial charge in [0.2, 0.25) is 0 Å². The molecule has 1 heterocycles. The summed E-state index contributed by atoms with van der Waals surface area (Å²) in [5.74, 6) is 2.94. The van der Waals surface area contributed by atoms with Crippen molar-refractivity contribution >= 4 is 35.6 Å². The predicted molar refractivity (Wildman–Crippen MR) is 114 cm³/mol. The largest absolute Gasteiger partial charge is 0.493 e. The number of hydrogen-bond donors (Lipinski definition) is 2. The van der Waals surface area contributed by atoms with Gasteiger partial charge in [0.15, 0.2) is 17.5 Å². The number of nitrogens with one attached hydrogen (secondary N) is 2. The van der Waals surface area contributed by atoms with E-state index < -0.39 is 0 Å². The summed E-state index contributed by atoms with van der Waals surface area (Å²) in [6.07, 6.45) is 0.814. The monoisotopic (exact) mass is 474 g/mol. The zero-order valence-corrected chi connectivity index (χ0v) is 18.2. The second kappa shape index (κ2) is 10.9. The van der Waals surface area contributed by atoms with Crippen LogP contribution in [0.5, 0.6) is 11.5 Å². The van der Waals surface area contributed by atoms with Crippen molar-refractivity contribution in [2.75, 3.05) is 32.6 Å². The standard InChI is InChI=1S/C18H26N4O3.HI/c1-6-24-16-8-7-14(11-17(16)23-5)21-18(19-4)20-10-9-15-12(2)22-25-13(15)3;/h7-8,11H,6,9-10H2,1-5H3,(H2,19,20,21);1H. The topological polar surface area (TPSA) is 80.9 Å². The van der Waals surface area contributed by atoms with E-state index in [2.05, 4.69) is 20.8 Å². The molecule has 0 spiro atoms. The number of ether oxygens (including phenoxy) is 2.